The summed E-state index contributed by atoms with van der Waals surface area (Å²) in [5.41, 5.74) is 2.76. The van der Waals surface area contributed by atoms with Crippen molar-refractivity contribution >= 4 is 5.69 Å². The monoisotopic (exact) mass is 262 g/mol. The fourth-order valence-electron chi connectivity index (χ4n) is 3.22. The largest absolute Gasteiger partial charge is 0.394 e. The molecule has 1 saturated heterocycles. The van der Waals surface area contributed by atoms with Gasteiger partial charge in [-0.1, -0.05) is 32.0 Å². The van der Waals surface area contributed by atoms with E-state index in [0.29, 0.717) is 0 Å². The molecular weight excluding hydrogens is 236 g/mol. The van der Waals surface area contributed by atoms with E-state index in [-0.39, 0.29) is 18.1 Å². The van der Waals surface area contributed by atoms with Gasteiger partial charge in [-0.15, -0.1) is 0 Å². The van der Waals surface area contributed by atoms with Crippen molar-refractivity contribution < 1.29 is 5.11 Å². The molecule has 1 atom stereocenters. The van der Waals surface area contributed by atoms with Gasteiger partial charge in [0.25, 0.3) is 0 Å². The highest BCUT2D eigenvalue weighted by Crippen LogP contribution is 2.30. The first kappa shape index (κ1) is 14.4. The van der Waals surface area contributed by atoms with Gasteiger partial charge in [0.2, 0.25) is 0 Å². The topological polar surface area (TPSA) is 26.7 Å². The van der Waals surface area contributed by atoms with Crippen molar-refractivity contribution in [1.29, 1.82) is 0 Å². The Bertz CT molecular complexity index is 431. The molecule has 0 amide bonds. The van der Waals surface area contributed by atoms with E-state index < -0.39 is 0 Å². The molecule has 1 aliphatic rings. The number of nitrogens with zero attached hydrogens (tertiary/aromatic N) is 2. The van der Waals surface area contributed by atoms with E-state index in [0.717, 1.165) is 19.6 Å². The van der Waals surface area contributed by atoms with Gasteiger partial charge in [-0.25, -0.2) is 0 Å². The molecule has 0 aromatic heterocycles. The molecule has 1 aliphatic heterocycles. The first-order valence-electron chi connectivity index (χ1n) is 7.04. The van der Waals surface area contributed by atoms with Gasteiger partial charge in [-0.2, -0.15) is 0 Å². The van der Waals surface area contributed by atoms with Crippen LogP contribution < -0.4 is 4.90 Å². The lowest BCUT2D eigenvalue weighted by Gasteiger charge is -2.36. The molecule has 0 radical (unpaired) electrons. The maximum absolute atomic E-state index is 9.76. The molecule has 0 saturated carbocycles. The molecule has 1 heterocycles. The molecule has 1 aromatic rings. The van der Waals surface area contributed by atoms with Crippen molar-refractivity contribution in [3.05, 3.63) is 29.8 Å². The van der Waals surface area contributed by atoms with Crippen molar-refractivity contribution in [2.24, 2.45) is 5.41 Å². The van der Waals surface area contributed by atoms with Gasteiger partial charge in [-0.3, -0.25) is 0 Å². The van der Waals surface area contributed by atoms with Crippen molar-refractivity contribution in [3.63, 3.8) is 0 Å². The standard InChI is InChI=1S/C16H26N2O/c1-13-7-5-6-8-15(13)18-12-16(2,3)11-17(4)9-14(18)10-19/h5-8,14,19H,9-12H2,1-4H3. The molecule has 1 fully saturated rings. The van der Waals surface area contributed by atoms with Gasteiger partial charge in [0, 0.05) is 25.3 Å². The summed E-state index contributed by atoms with van der Waals surface area (Å²) in [4.78, 5) is 4.72. The summed E-state index contributed by atoms with van der Waals surface area (Å²) in [6.07, 6.45) is 0. The van der Waals surface area contributed by atoms with E-state index >= 15 is 0 Å². The maximum Gasteiger partial charge on any atom is 0.0648 e. The maximum atomic E-state index is 9.76. The summed E-state index contributed by atoms with van der Waals surface area (Å²) in [5, 5.41) is 9.76. The summed E-state index contributed by atoms with van der Waals surface area (Å²) in [5.74, 6) is 0. The number of para-hydroxylation sites is 1. The van der Waals surface area contributed by atoms with E-state index in [2.05, 4.69) is 61.9 Å². The second-order valence-electron chi connectivity index (χ2n) is 6.61. The first-order valence-corrected chi connectivity index (χ1v) is 7.04. The second-order valence-corrected chi connectivity index (χ2v) is 6.61. The minimum absolute atomic E-state index is 0.174. The number of likely N-dealkylation sites (N-methyl/N-ethyl adjacent to an activating group) is 1. The predicted molar refractivity (Wildman–Crippen MR) is 80.7 cm³/mol. The summed E-state index contributed by atoms with van der Waals surface area (Å²) >= 11 is 0. The first-order chi connectivity index (χ1) is 8.93. The van der Waals surface area contributed by atoms with Crippen molar-refractivity contribution in [2.75, 3.05) is 38.2 Å². The molecule has 19 heavy (non-hydrogen) atoms. The zero-order valence-corrected chi connectivity index (χ0v) is 12.6. The molecular formula is C16H26N2O. The van der Waals surface area contributed by atoms with Crippen molar-refractivity contribution in [1.82, 2.24) is 4.90 Å². The summed E-state index contributed by atoms with van der Waals surface area (Å²) in [6, 6.07) is 8.64. The van der Waals surface area contributed by atoms with Crippen molar-refractivity contribution in [3.8, 4) is 0 Å². The Labute approximate surface area is 116 Å². The SMILES string of the molecule is Cc1ccccc1N1CC(C)(C)CN(C)CC1CO. The highest BCUT2D eigenvalue weighted by atomic mass is 16.3. The molecule has 1 unspecified atom stereocenters. The number of benzene rings is 1. The van der Waals surface area contributed by atoms with Crippen LogP contribution >= 0.6 is 0 Å². The number of anilines is 1. The smallest absolute Gasteiger partial charge is 0.0648 e. The number of aliphatic hydroxyl groups is 1. The number of aryl methyl sites for hydroxylation is 1. The van der Waals surface area contributed by atoms with E-state index in [1.807, 2.05) is 0 Å². The molecule has 0 aliphatic carbocycles. The average Bonchev–Trinajstić information content (AvgIpc) is 2.44. The fourth-order valence-corrected chi connectivity index (χ4v) is 3.22. The van der Waals surface area contributed by atoms with Gasteiger partial charge in [-0.05, 0) is 31.0 Å². The third-order valence-corrected chi connectivity index (χ3v) is 3.90. The molecule has 1 aromatic carbocycles. The lowest BCUT2D eigenvalue weighted by Crippen LogP contribution is -2.44. The highest BCUT2D eigenvalue weighted by molar-refractivity contribution is 5.54. The van der Waals surface area contributed by atoms with E-state index in [9.17, 15) is 5.11 Å². The molecule has 3 nitrogen and oxygen atoms in total. The highest BCUT2D eigenvalue weighted by Gasteiger charge is 2.33. The third kappa shape index (κ3) is 3.28. The quantitative estimate of drug-likeness (QED) is 0.884. The molecule has 106 valence electrons. The van der Waals surface area contributed by atoms with Crippen molar-refractivity contribution in [2.45, 2.75) is 26.8 Å². The molecule has 3 heteroatoms. The molecule has 0 bridgehead atoms. The van der Waals surface area contributed by atoms with Crippen LogP contribution in [-0.4, -0.2) is 49.3 Å². The third-order valence-electron chi connectivity index (χ3n) is 3.90. The Hall–Kier alpha value is -1.06. The lowest BCUT2D eigenvalue weighted by atomic mass is 9.92. The van der Waals surface area contributed by atoms with Crippen LogP contribution in [0.3, 0.4) is 0 Å². The second kappa shape index (κ2) is 5.51. The molecule has 0 spiro atoms. The van der Waals surface area contributed by atoms with Gasteiger partial charge in [0.15, 0.2) is 0 Å². The predicted octanol–water partition coefficient (Wildman–Crippen LogP) is 2.13. The van der Waals surface area contributed by atoms with Crippen LogP contribution in [0.4, 0.5) is 5.69 Å². The summed E-state index contributed by atoms with van der Waals surface area (Å²) in [6.45, 7) is 9.90. The van der Waals surface area contributed by atoms with Crippen LogP contribution in [0.1, 0.15) is 19.4 Å². The van der Waals surface area contributed by atoms with Gasteiger partial charge < -0.3 is 14.9 Å². The number of rotatable bonds is 2. The molecule has 1 N–H and O–H groups in total. The minimum Gasteiger partial charge on any atom is -0.394 e. The Morgan fingerprint density at radius 3 is 2.58 bits per heavy atom. The number of hydrogen-bond acceptors (Lipinski definition) is 3. The zero-order chi connectivity index (χ0) is 14.0. The van der Waals surface area contributed by atoms with E-state index in [1.165, 1.54) is 11.3 Å². The van der Waals surface area contributed by atoms with E-state index in [1.54, 1.807) is 0 Å². The Kier molecular flexibility index (Phi) is 4.16. The lowest BCUT2D eigenvalue weighted by molar-refractivity contribution is 0.213. The Morgan fingerprint density at radius 1 is 1.26 bits per heavy atom. The Morgan fingerprint density at radius 2 is 1.95 bits per heavy atom. The zero-order valence-electron chi connectivity index (χ0n) is 12.6. The number of aliphatic hydroxyl groups excluding tert-OH is 1. The van der Waals surface area contributed by atoms with Crippen LogP contribution in [0.5, 0.6) is 0 Å². The Balaban J connectivity index is 2.36. The normalized spacial score (nSPS) is 24.3. The average molecular weight is 262 g/mol. The summed E-state index contributed by atoms with van der Waals surface area (Å²) in [7, 11) is 2.14. The van der Waals surface area contributed by atoms with Gasteiger partial charge in [0.1, 0.15) is 0 Å². The van der Waals surface area contributed by atoms with Crippen LogP contribution in [0.2, 0.25) is 0 Å². The van der Waals surface area contributed by atoms with Gasteiger partial charge in [0.05, 0.1) is 12.6 Å². The fraction of sp³-hybridized carbons (Fsp3) is 0.625. The summed E-state index contributed by atoms with van der Waals surface area (Å²) < 4.78 is 0. The minimum atomic E-state index is 0.174. The van der Waals surface area contributed by atoms with Crippen LogP contribution in [0.15, 0.2) is 24.3 Å². The van der Waals surface area contributed by atoms with E-state index in [4.69, 9.17) is 0 Å². The number of hydrogen-bond donors (Lipinski definition) is 1. The van der Waals surface area contributed by atoms with Crippen LogP contribution in [-0.2, 0) is 0 Å². The van der Waals surface area contributed by atoms with Crippen LogP contribution in [0.25, 0.3) is 0 Å². The van der Waals surface area contributed by atoms with Crippen LogP contribution in [0, 0.1) is 12.3 Å². The van der Waals surface area contributed by atoms with Gasteiger partial charge >= 0.3 is 0 Å². The molecule has 2 rings (SSSR count).